The number of carbonyl (C=O) groups is 1. The minimum absolute atomic E-state index is 0.136. The second-order valence-electron chi connectivity index (χ2n) is 7.14. The molecule has 0 radical (unpaired) electrons. The number of aryl methyl sites for hydroxylation is 1. The van der Waals surface area contributed by atoms with Crippen LogP contribution in [0.4, 0.5) is 10.1 Å². The molecule has 4 rings (SSSR count). The number of anilines is 1. The molecule has 164 valence electrons. The number of aromatic nitrogens is 2. The van der Waals surface area contributed by atoms with Crippen molar-refractivity contribution in [3.8, 4) is 11.3 Å². The highest BCUT2D eigenvalue weighted by atomic mass is 35.5. The normalized spacial score (nSPS) is 21.2. The Morgan fingerprint density at radius 2 is 2.10 bits per heavy atom. The van der Waals surface area contributed by atoms with Crippen LogP contribution < -0.4 is 10.0 Å². The molecule has 8 nitrogen and oxygen atoms in total. The summed E-state index contributed by atoms with van der Waals surface area (Å²) in [6.45, 7) is 0. The summed E-state index contributed by atoms with van der Waals surface area (Å²) in [6.07, 6.45) is 1.91. The van der Waals surface area contributed by atoms with Gasteiger partial charge in [0.25, 0.3) is 10.2 Å². The fraction of sp³-hybridized carbons (Fsp3) is 0.263. The lowest BCUT2D eigenvalue weighted by molar-refractivity contribution is -0.120. The van der Waals surface area contributed by atoms with Gasteiger partial charge in [0, 0.05) is 41.8 Å². The monoisotopic (exact) mass is 483 g/mol. The van der Waals surface area contributed by atoms with Crippen molar-refractivity contribution in [2.45, 2.75) is 18.5 Å². The topological polar surface area (TPSA) is 96.3 Å². The smallest absolute Gasteiger partial charge is 0.280 e. The third-order valence-corrected chi connectivity index (χ3v) is 8.07. The lowest BCUT2D eigenvalue weighted by Gasteiger charge is -2.35. The van der Waals surface area contributed by atoms with Crippen molar-refractivity contribution < 1.29 is 17.6 Å². The molecule has 0 saturated carbocycles. The van der Waals surface area contributed by atoms with Crippen molar-refractivity contribution in [2.75, 3.05) is 12.4 Å². The van der Waals surface area contributed by atoms with E-state index < -0.39 is 34.0 Å². The van der Waals surface area contributed by atoms with Crippen molar-refractivity contribution >= 4 is 44.7 Å². The fourth-order valence-electron chi connectivity index (χ4n) is 3.42. The molecule has 3 aromatic rings. The minimum atomic E-state index is -3.89. The van der Waals surface area contributed by atoms with Gasteiger partial charge in [-0.25, -0.2) is 4.39 Å². The Labute approximate surface area is 187 Å². The molecule has 0 bridgehead atoms. The van der Waals surface area contributed by atoms with Gasteiger partial charge in [0.15, 0.2) is 0 Å². The Hall–Kier alpha value is -2.31. The molecular weight excluding hydrogens is 465 g/mol. The molecule has 0 spiro atoms. The summed E-state index contributed by atoms with van der Waals surface area (Å²) < 4.78 is 44.1. The molecule has 1 unspecified atom stereocenters. The number of hydrogen-bond acceptors (Lipinski definition) is 5. The number of nitrogens with one attached hydrogen (secondary N) is 2. The molecule has 2 N–H and O–H groups in total. The summed E-state index contributed by atoms with van der Waals surface area (Å²) in [5, 5.41) is 8.56. The van der Waals surface area contributed by atoms with Gasteiger partial charge in [-0.3, -0.25) is 9.48 Å². The van der Waals surface area contributed by atoms with Crippen LogP contribution in [0.2, 0.25) is 5.02 Å². The second kappa shape index (κ2) is 8.32. The van der Waals surface area contributed by atoms with E-state index in [1.807, 2.05) is 24.6 Å². The van der Waals surface area contributed by atoms with E-state index in [4.69, 9.17) is 11.6 Å². The van der Waals surface area contributed by atoms with Crippen molar-refractivity contribution in [3.63, 3.8) is 0 Å². The van der Waals surface area contributed by atoms with Crippen LogP contribution in [-0.2, 0) is 22.1 Å². The van der Waals surface area contributed by atoms with Crippen LogP contribution >= 0.6 is 22.9 Å². The molecule has 2 atom stereocenters. The van der Waals surface area contributed by atoms with Crippen molar-refractivity contribution in [1.29, 1.82) is 0 Å². The van der Waals surface area contributed by atoms with E-state index in [0.29, 0.717) is 0 Å². The first kappa shape index (κ1) is 21.9. The van der Waals surface area contributed by atoms with Gasteiger partial charge in [-0.05, 0) is 36.8 Å². The summed E-state index contributed by atoms with van der Waals surface area (Å²) in [4.78, 5) is 13.7. The van der Waals surface area contributed by atoms with Crippen molar-refractivity contribution in [1.82, 2.24) is 18.8 Å². The Morgan fingerprint density at radius 1 is 1.32 bits per heavy atom. The second-order valence-corrected chi connectivity index (χ2v) is 10.3. The van der Waals surface area contributed by atoms with Crippen LogP contribution in [0.1, 0.15) is 17.3 Å². The quantitative estimate of drug-likeness (QED) is 0.595. The van der Waals surface area contributed by atoms with E-state index in [-0.39, 0.29) is 17.1 Å². The first-order valence-electron chi connectivity index (χ1n) is 9.23. The lowest BCUT2D eigenvalue weighted by atomic mass is 10.0. The van der Waals surface area contributed by atoms with Crippen molar-refractivity contribution in [3.05, 3.63) is 57.6 Å². The van der Waals surface area contributed by atoms with E-state index in [1.165, 1.54) is 30.5 Å². The summed E-state index contributed by atoms with van der Waals surface area (Å²) in [6, 6.07) is 6.02. The maximum absolute atomic E-state index is 13.4. The third-order valence-electron chi connectivity index (χ3n) is 5.14. The Morgan fingerprint density at radius 3 is 2.77 bits per heavy atom. The summed E-state index contributed by atoms with van der Waals surface area (Å²) >= 11 is 7.18. The largest absolute Gasteiger partial charge is 0.325 e. The molecule has 1 amide bonds. The highest BCUT2D eigenvalue weighted by molar-refractivity contribution is 7.87. The zero-order valence-electron chi connectivity index (χ0n) is 16.5. The van der Waals surface area contributed by atoms with Gasteiger partial charge in [-0.1, -0.05) is 11.6 Å². The van der Waals surface area contributed by atoms with Gasteiger partial charge in [0.1, 0.15) is 11.9 Å². The summed E-state index contributed by atoms with van der Waals surface area (Å²) in [7, 11) is -0.718. The zero-order chi connectivity index (χ0) is 22.3. The van der Waals surface area contributed by atoms with Gasteiger partial charge in [-0.15, -0.1) is 11.3 Å². The molecule has 1 aliphatic heterocycles. The number of hydrogen-bond donors (Lipinski definition) is 2. The molecular formula is C19H19ClFN5O3S2. The van der Waals surface area contributed by atoms with Gasteiger partial charge in [0.2, 0.25) is 5.91 Å². The molecule has 1 saturated heterocycles. The van der Waals surface area contributed by atoms with Gasteiger partial charge in [-0.2, -0.15) is 22.5 Å². The number of thiophene rings is 1. The van der Waals surface area contributed by atoms with Crippen molar-refractivity contribution in [2.24, 2.45) is 7.05 Å². The SMILES string of the molecule is CN1C(C(=O)Nc2ccc(F)c(Cl)c2)C[C@@H](c2cc(-c3ccnn3C)cs2)NS1(=O)=O. The number of rotatable bonds is 4. The Bertz CT molecular complexity index is 1240. The highest BCUT2D eigenvalue weighted by Gasteiger charge is 2.41. The highest BCUT2D eigenvalue weighted by Crippen LogP contribution is 2.35. The molecule has 2 aromatic heterocycles. The predicted molar refractivity (Wildman–Crippen MR) is 118 cm³/mol. The third kappa shape index (κ3) is 4.37. The lowest BCUT2D eigenvalue weighted by Crippen LogP contribution is -2.55. The van der Waals surface area contributed by atoms with E-state index in [0.717, 1.165) is 26.5 Å². The number of amides is 1. The van der Waals surface area contributed by atoms with Gasteiger partial charge < -0.3 is 5.32 Å². The van der Waals surface area contributed by atoms with E-state index in [2.05, 4.69) is 15.1 Å². The van der Waals surface area contributed by atoms with Crippen LogP contribution in [0.25, 0.3) is 11.3 Å². The van der Waals surface area contributed by atoms with Crippen LogP contribution in [0.3, 0.4) is 0 Å². The maximum atomic E-state index is 13.4. The van der Waals surface area contributed by atoms with Crippen LogP contribution in [0.5, 0.6) is 0 Å². The number of benzene rings is 1. The summed E-state index contributed by atoms with van der Waals surface area (Å²) in [5.41, 5.74) is 2.10. The molecule has 1 aliphatic rings. The molecule has 31 heavy (non-hydrogen) atoms. The van der Waals surface area contributed by atoms with Gasteiger partial charge in [0.05, 0.1) is 16.8 Å². The van der Waals surface area contributed by atoms with Crippen LogP contribution in [0.15, 0.2) is 41.9 Å². The molecule has 3 heterocycles. The number of halogens is 2. The first-order valence-corrected chi connectivity index (χ1v) is 11.9. The molecule has 1 aromatic carbocycles. The number of nitrogens with zero attached hydrogens (tertiary/aromatic N) is 3. The Kier molecular flexibility index (Phi) is 5.88. The fourth-order valence-corrected chi connectivity index (χ4v) is 5.91. The van der Waals surface area contributed by atoms with E-state index >= 15 is 0 Å². The van der Waals surface area contributed by atoms with E-state index in [1.54, 1.807) is 10.9 Å². The van der Waals surface area contributed by atoms with E-state index in [9.17, 15) is 17.6 Å². The average Bonchev–Trinajstić information content (AvgIpc) is 3.35. The van der Waals surface area contributed by atoms with Gasteiger partial charge >= 0.3 is 0 Å². The molecule has 12 heteroatoms. The number of likely N-dealkylation sites (N-methyl/N-ethyl adjacent to an activating group) is 1. The standard InChI is InChI=1S/C19H19ClFN5O3S2/c1-25-16(5-6-22-25)11-7-18(30-10-11)15-9-17(26(2)31(28,29)24-15)19(27)23-12-3-4-14(21)13(20)8-12/h3-8,10,15,17,24H,9H2,1-2H3,(H,23,27)/t15-,17?/m0/s1. The minimum Gasteiger partial charge on any atom is -0.325 e. The first-order chi connectivity index (χ1) is 14.7. The molecule has 0 aliphatic carbocycles. The Balaban J connectivity index is 1.58. The van der Waals surface area contributed by atoms with Crippen LogP contribution in [-0.4, -0.2) is 41.5 Å². The summed E-state index contributed by atoms with van der Waals surface area (Å²) in [5.74, 6) is -1.13. The predicted octanol–water partition coefficient (Wildman–Crippen LogP) is 3.16. The molecule has 1 fully saturated rings. The average molecular weight is 484 g/mol. The zero-order valence-corrected chi connectivity index (χ0v) is 18.9. The number of carbonyl (C=O) groups excluding carboxylic acids is 1. The van der Waals surface area contributed by atoms with Crippen LogP contribution in [0, 0.1) is 5.82 Å². The maximum Gasteiger partial charge on any atom is 0.280 e.